The van der Waals surface area contributed by atoms with Crippen molar-refractivity contribution in [1.29, 1.82) is 0 Å². The molecule has 0 unspecified atom stereocenters. The molecule has 134 valence electrons. The first kappa shape index (κ1) is 18.1. The van der Waals surface area contributed by atoms with E-state index in [0.717, 1.165) is 16.8 Å². The summed E-state index contributed by atoms with van der Waals surface area (Å²) in [6.45, 7) is 0.515. The zero-order valence-corrected chi connectivity index (χ0v) is 14.9. The van der Waals surface area contributed by atoms with E-state index in [4.69, 9.17) is 11.6 Å². The average Bonchev–Trinajstić information content (AvgIpc) is 3.00. The third-order valence-corrected chi connectivity index (χ3v) is 4.53. The summed E-state index contributed by atoms with van der Waals surface area (Å²) in [5.74, 6) is -0.310. The molecule has 2 aromatic rings. The topological polar surface area (TPSA) is 75.3 Å². The van der Waals surface area contributed by atoms with E-state index in [9.17, 15) is 14.4 Å². The first-order chi connectivity index (χ1) is 12.5. The Hall–Kier alpha value is -2.66. The highest BCUT2D eigenvalue weighted by molar-refractivity contribution is 6.30. The zero-order chi connectivity index (χ0) is 18.5. The standard InChI is InChI=1S/C20H19ClN2O3/c21-16-4-1-13(2-5-16)9-10-22-19(25)8-7-18(24)14-3-6-17-15(11-14)12-20(26)23-17/h1-6,11H,7-10,12H2,(H,22,25)(H,23,26). The summed E-state index contributed by atoms with van der Waals surface area (Å²) in [6.07, 6.45) is 1.30. The predicted molar refractivity (Wildman–Crippen MR) is 101 cm³/mol. The Bertz CT molecular complexity index is 847. The molecule has 2 amide bonds. The van der Waals surface area contributed by atoms with Gasteiger partial charge in [0, 0.05) is 35.7 Å². The minimum atomic E-state index is -0.148. The molecule has 1 heterocycles. The molecule has 0 fully saturated rings. The van der Waals surface area contributed by atoms with E-state index in [1.165, 1.54) is 0 Å². The number of fused-ring (bicyclic) bond motifs is 1. The molecule has 0 saturated carbocycles. The Labute approximate surface area is 156 Å². The van der Waals surface area contributed by atoms with Crippen molar-refractivity contribution in [1.82, 2.24) is 5.32 Å². The summed E-state index contributed by atoms with van der Waals surface area (Å²) < 4.78 is 0. The van der Waals surface area contributed by atoms with Crippen LogP contribution in [0.5, 0.6) is 0 Å². The fourth-order valence-corrected chi connectivity index (χ4v) is 2.99. The number of carbonyl (C=O) groups is 3. The lowest BCUT2D eigenvalue weighted by Gasteiger charge is -2.06. The third-order valence-electron chi connectivity index (χ3n) is 4.28. The highest BCUT2D eigenvalue weighted by Gasteiger charge is 2.19. The fraction of sp³-hybridized carbons (Fsp3) is 0.250. The van der Waals surface area contributed by atoms with E-state index in [1.807, 2.05) is 24.3 Å². The Morgan fingerprint density at radius 2 is 1.85 bits per heavy atom. The number of rotatable bonds is 7. The predicted octanol–water partition coefficient (Wildman–Crippen LogP) is 3.16. The van der Waals surface area contributed by atoms with Gasteiger partial charge in [-0.05, 0) is 47.9 Å². The largest absolute Gasteiger partial charge is 0.356 e. The molecule has 0 radical (unpaired) electrons. The highest BCUT2D eigenvalue weighted by atomic mass is 35.5. The van der Waals surface area contributed by atoms with Gasteiger partial charge in [0.2, 0.25) is 11.8 Å². The number of ketones is 1. The molecule has 6 heteroatoms. The summed E-state index contributed by atoms with van der Waals surface area (Å²) in [6, 6.07) is 12.6. The van der Waals surface area contributed by atoms with Gasteiger partial charge >= 0.3 is 0 Å². The number of halogens is 1. The van der Waals surface area contributed by atoms with Gasteiger partial charge in [-0.3, -0.25) is 14.4 Å². The maximum absolute atomic E-state index is 12.3. The van der Waals surface area contributed by atoms with E-state index in [1.54, 1.807) is 18.2 Å². The molecule has 1 aliphatic heterocycles. The minimum absolute atomic E-state index is 0.0651. The summed E-state index contributed by atoms with van der Waals surface area (Å²) in [4.78, 5) is 35.5. The van der Waals surface area contributed by atoms with Crippen molar-refractivity contribution in [2.45, 2.75) is 25.7 Å². The van der Waals surface area contributed by atoms with Gasteiger partial charge in [0.25, 0.3) is 0 Å². The Kier molecular flexibility index (Phi) is 5.68. The number of hydrogen-bond acceptors (Lipinski definition) is 3. The quantitative estimate of drug-likeness (QED) is 0.735. The van der Waals surface area contributed by atoms with Crippen molar-refractivity contribution in [3.63, 3.8) is 0 Å². The van der Waals surface area contributed by atoms with Gasteiger partial charge in [-0.15, -0.1) is 0 Å². The second kappa shape index (κ2) is 8.15. The number of carbonyl (C=O) groups excluding carboxylic acids is 3. The lowest BCUT2D eigenvalue weighted by molar-refractivity contribution is -0.121. The summed E-state index contributed by atoms with van der Waals surface area (Å²) in [7, 11) is 0. The highest BCUT2D eigenvalue weighted by Crippen LogP contribution is 2.24. The Balaban J connectivity index is 1.43. The van der Waals surface area contributed by atoms with Crippen LogP contribution >= 0.6 is 11.6 Å². The molecule has 5 nitrogen and oxygen atoms in total. The summed E-state index contributed by atoms with van der Waals surface area (Å²) in [5.41, 5.74) is 3.21. The Morgan fingerprint density at radius 1 is 1.08 bits per heavy atom. The molecule has 0 spiro atoms. The summed E-state index contributed by atoms with van der Waals surface area (Å²) >= 11 is 5.83. The molecular formula is C20H19ClN2O3. The van der Waals surface area contributed by atoms with Gasteiger partial charge in [-0.2, -0.15) is 0 Å². The molecule has 1 aliphatic rings. The average molecular weight is 371 g/mol. The molecule has 0 saturated heterocycles. The normalized spacial score (nSPS) is 12.4. The van der Waals surface area contributed by atoms with Crippen LogP contribution in [0.1, 0.15) is 34.3 Å². The van der Waals surface area contributed by atoms with Crippen LogP contribution in [-0.2, 0) is 22.4 Å². The van der Waals surface area contributed by atoms with Crippen LogP contribution in [0.2, 0.25) is 5.02 Å². The SMILES string of the molecule is O=C(CCC(=O)c1ccc2c(c1)CC(=O)N2)NCCc1ccc(Cl)cc1. The number of anilines is 1. The van der Waals surface area contributed by atoms with Gasteiger partial charge in [0.1, 0.15) is 0 Å². The second-order valence-electron chi connectivity index (χ2n) is 6.25. The number of benzene rings is 2. The monoisotopic (exact) mass is 370 g/mol. The van der Waals surface area contributed by atoms with Crippen LogP contribution in [0.25, 0.3) is 0 Å². The molecule has 2 aromatic carbocycles. The summed E-state index contributed by atoms with van der Waals surface area (Å²) in [5, 5.41) is 6.24. The number of nitrogens with one attached hydrogen (secondary N) is 2. The van der Waals surface area contributed by atoms with Gasteiger partial charge in [0.05, 0.1) is 6.42 Å². The van der Waals surface area contributed by atoms with Crippen molar-refractivity contribution < 1.29 is 14.4 Å². The first-order valence-electron chi connectivity index (χ1n) is 8.48. The van der Waals surface area contributed by atoms with Crippen molar-refractivity contribution in [2.75, 3.05) is 11.9 Å². The maximum atomic E-state index is 12.3. The van der Waals surface area contributed by atoms with Crippen molar-refractivity contribution in [3.05, 3.63) is 64.2 Å². The minimum Gasteiger partial charge on any atom is -0.356 e. The fourth-order valence-electron chi connectivity index (χ4n) is 2.86. The molecule has 0 aromatic heterocycles. The number of amides is 2. The van der Waals surface area contributed by atoms with E-state index < -0.39 is 0 Å². The smallest absolute Gasteiger partial charge is 0.228 e. The van der Waals surface area contributed by atoms with Crippen LogP contribution in [-0.4, -0.2) is 24.1 Å². The van der Waals surface area contributed by atoms with E-state index in [2.05, 4.69) is 10.6 Å². The van der Waals surface area contributed by atoms with Crippen LogP contribution in [0.4, 0.5) is 5.69 Å². The lowest BCUT2D eigenvalue weighted by Crippen LogP contribution is -2.26. The molecule has 0 atom stereocenters. The first-order valence-corrected chi connectivity index (χ1v) is 8.86. The zero-order valence-electron chi connectivity index (χ0n) is 14.2. The molecule has 3 rings (SSSR count). The molecule has 2 N–H and O–H groups in total. The van der Waals surface area contributed by atoms with Crippen LogP contribution in [0.3, 0.4) is 0 Å². The van der Waals surface area contributed by atoms with Crippen LogP contribution < -0.4 is 10.6 Å². The molecule has 0 bridgehead atoms. The molecular weight excluding hydrogens is 352 g/mol. The van der Waals surface area contributed by atoms with E-state index in [0.29, 0.717) is 30.0 Å². The van der Waals surface area contributed by atoms with E-state index >= 15 is 0 Å². The van der Waals surface area contributed by atoms with E-state index in [-0.39, 0.29) is 30.4 Å². The number of Topliss-reactive ketones (excluding diaryl/α,β-unsaturated/α-hetero) is 1. The molecule has 26 heavy (non-hydrogen) atoms. The van der Waals surface area contributed by atoms with Gasteiger partial charge < -0.3 is 10.6 Å². The molecule has 0 aliphatic carbocycles. The lowest BCUT2D eigenvalue weighted by atomic mass is 10.0. The maximum Gasteiger partial charge on any atom is 0.228 e. The second-order valence-corrected chi connectivity index (χ2v) is 6.68. The van der Waals surface area contributed by atoms with Crippen molar-refractivity contribution >= 4 is 34.9 Å². The van der Waals surface area contributed by atoms with Gasteiger partial charge in [-0.25, -0.2) is 0 Å². The number of hydrogen-bond donors (Lipinski definition) is 2. The third kappa shape index (κ3) is 4.70. The van der Waals surface area contributed by atoms with Gasteiger partial charge in [-0.1, -0.05) is 23.7 Å². The Morgan fingerprint density at radius 3 is 2.62 bits per heavy atom. The van der Waals surface area contributed by atoms with Crippen molar-refractivity contribution in [3.8, 4) is 0 Å². The van der Waals surface area contributed by atoms with Crippen LogP contribution in [0, 0.1) is 0 Å². The van der Waals surface area contributed by atoms with Gasteiger partial charge in [0.15, 0.2) is 5.78 Å². The van der Waals surface area contributed by atoms with Crippen LogP contribution in [0.15, 0.2) is 42.5 Å². The van der Waals surface area contributed by atoms with Crippen molar-refractivity contribution in [2.24, 2.45) is 0 Å².